The van der Waals surface area contributed by atoms with Crippen molar-refractivity contribution in [1.82, 2.24) is 0 Å². The van der Waals surface area contributed by atoms with E-state index in [2.05, 4.69) is 160 Å². The molecule has 0 saturated heterocycles. The van der Waals surface area contributed by atoms with E-state index in [1.165, 1.54) is 95.1 Å². The summed E-state index contributed by atoms with van der Waals surface area (Å²) in [5.41, 5.74) is 14.0. The van der Waals surface area contributed by atoms with Crippen LogP contribution in [0.25, 0.3) is 34.4 Å². The third-order valence-corrected chi connectivity index (χ3v) is 68.9. The summed E-state index contributed by atoms with van der Waals surface area (Å²) in [5, 5.41) is 0. The van der Waals surface area contributed by atoms with Gasteiger partial charge in [0, 0.05) is 0 Å². The Kier molecular flexibility index (Phi) is 11.6. The van der Waals surface area contributed by atoms with E-state index < -0.39 is 22.6 Å². The van der Waals surface area contributed by atoms with Gasteiger partial charge in [-0.1, -0.05) is 0 Å². The first-order valence-corrected chi connectivity index (χ1v) is 38.6. The van der Waals surface area contributed by atoms with E-state index in [0.29, 0.717) is 19.2 Å². The van der Waals surface area contributed by atoms with Crippen molar-refractivity contribution in [1.29, 1.82) is 0 Å². The van der Waals surface area contributed by atoms with Crippen LogP contribution >= 0.6 is 0 Å². The molecule has 2 aliphatic rings. The number of rotatable bonds is 14. The number of allylic oxidation sites excluding steroid dienone is 2. The third kappa shape index (κ3) is 6.98. The van der Waals surface area contributed by atoms with Crippen LogP contribution in [-0.4, -0.2) is 5.49 Å². The zero-order valence-electron chi connectivity index (χ0n) is 32.4. The zero-order chi connectivity index (χ0) is 35.5. The maximum atomic E-state index is 2.96. The Morgan fingerprint density at radius 2 is 0.940 bits per heavy atom. The van der Waals surface area contributed by atoms with Gasteiger partial charge in [-0.15, -0.1) is 0 Å². The van der Waals surface area contributed by atoms with Gasteiger partial charge >= 0.3 is 308 Å². The van der Waals surface area contributed by atoms with Crippen molar-refractivity contribution in [3.63, 3.8) is 0 Å². The fraction of sp³-hybridized carbons (Fsp3) is 0.417. The summed E-state index contributed by atoms with van der Waals surface area (Å²) < 4.78 is 7.07. The molecular formula is C48H62HfSi. The second-order valence-electron chi connectivity index (χ2n) is 17.0. The van der Waals surface area contributed by atoms with Crippen LogP contribution in [0.1, 0.15) is 133 Å². The Morgan fingerprint density at radius 1 is 0.540 bits per heavy atom. The summed E-state index contributed by atoms with van der Waals surface area (Å²) >= 11 is -3.97. The van der Waals surface area contributed by atoms with Gasteiger partial charge in [0.2, 0.25) is 0 Å². The number of unbranched alkanes of at least 4 members (excludes halogenated alkanes) is 4. The van der Waals surface area contributed by atoms with Crippen LogP contribution < -0.4 is 0 Å². The van der Waals surface area contributed by atoms with Gasteiger partial charge in [0.05, 0.1) is 0 Å². The van der Waals surface area contributed by atoms with Crippen LogP contribution in [0.3, 0.4) is 0 Å². The molecule has 0 N–H and O–H groups in total. The first-order chi connectivity index (χ1) is 24.1. The molecule has 2 aliphatic carbocycles. The summed E-state index contributed by atoms with van der Waals surface area (Å²) in [6.45, 7) is 13.9. The molecular weight excluding hydrogens is 783 g/mol. The summed E-state index contributed by atoms with van der Waals surface area (Å²) in [4.78, 5) is 0. The normalized spacial score (nSPS) is 16.8. The minimum absolute atomic E-state index is 0.549. The molecule has 0 nitrogen and oxygen atoms in total. The predicted octanol–water partition coefficient (Wildman–Crippen LogP) is 15.3. The standard InChI is InChI=1S/2C18H17.C10H22Si.2CH3.Hf/c2*1-13(2)14-9-11-16(12-10-14)18-8-4-6-15-5-3-7-17(15)18;1-3-5-7-9-11-10-8-6-4-2;;;/h2*3-13H,1-2H3;3-10H2,1-2H3;2*1H3;. The summed E-state index contributed by atoms with van der Waals surface area (Å²) in [6.07, 6.45) is 18.7. The molecule has 0 heterocycles. The molecule has 0 aliphatic heterocycles. The van der Waals surface area contributed by atoms with Crippen molar-refractivity contribution in [2.45, 2.75) is 121 Å². The van der Waals surface area contributed by atoms with E-state index in [4.69, 9.17) is 0 Å². The SMILES string of the molecule is CCCCC[Si](CCCCC)=[Hf]([CH3])([CH3])([CH]1C=Cc2c(-c3ccc(C(C)C)cc3)cccc21)[CH]1C=Cc2c(-c3ccc(C(C)C)cc3)cccc21. The van der Waals surface area contributed by atoms with Crippen molar-refractivity contribution >= 4 is 17.6 Å². The monoisotopic (exact) mass is 846 g/mol. The minimum atomic E-state index is -3.97. The number of hydrogen-bond acceptors (Lipinski definition) is 0. The number of fused-ring (bicyclic) bond motifs is 2. The van der Waals surface area contributed by atoms with E-state index in [1.54, 1.807) is 11.1 Å². The first-order valence-electron chi connectivity index (χ1n) is 20.0. The van der Waals surface area contributed by atoms with Gasteiger partial charge < -0.3 is 0 Å². The van der Waals surface area contributed by atoms with E-state index in [1.807, 2.05) is 0 Å². The summed E-state index contributed by atoms with van der Waals surface area (Å²) in [6, 6.07) is 36.4. The van der Waals surface area contributed by atoms with Crippen molar-refractivity contribution in [3.8, 4) is 22.3 Å². The molecule has 0 spiro atoms. The molecule has 6 rings (SSSR count). The Balaban J connectivity index is 1.53. The molecule has 0 amide bonds. The molecule has 2 unspecified atom stereocenters. The Morgan fingerprint density at radius 3 is 1.30 bits per heavy atom. The van der Waals surface area contributed by atoms with E-state index in [0.717, 1.165) is 0 Å². The number of benzene rings is 4. The van der Waals surface area contributed by atoms with Crippen LogP contribution in [0.5, 0.6) is 0 Å². The fourth-order valence-corrected chi connectivity index (χ4v) is 63.0. The quantitative estimate of drug-likeness (QED) is 0.0876. The first kappa shape index (κ1) is 37.2. The van der Waals surface area contributed by atoms with Gasteiger partial charge in [0.15, 0.2) is 0 Å². The molecule has 262 valence electrons. The van der Waals surface area contributed by atoms with Crippen molar-refractivity contribution in [3.05, 3.63) is 130 Å². The average molecular weight is 846 g/mol. The molecule has 0 fully saturated rings. The average Bonchev–Trinajstić information content (AvgIpc) is 3.78. The van der Waals surface area contributed by atoms with Crippen LogP contribution in [0, 0.1) is 0 Å². The van der Waals surface area contributed by atoms with E-state index >= 15 is 0 Å². The van der Waals surface area contributed by atoms with Crippen LogP contribution in [0.4, 0.5) is 0 Å². The van der Waals surface area contributed by atoms with Gasteiger partial charge in [-0.2, -0.15) is 0 Å². The Labute approximate surface area is 306 Å². The van der Waals surface area contributed by atoms with Gasteiger partial charge in [0.25, 0.3) is 0 Å². The molecule has 2 heteroatoms. The van der Waals surface area contributed by atoms with Gasteiger partial charge in [-0.05, 0) is 0 Å². The molecule has 2 atom stereocenters. The maximum absolute atomic E-state index is 3.97. The fourth-order valence-electron chi connectivity index (χ4n) is 9.54. The predicted molar refractivity (Wildman–Crippen MR) is 222 cm³/mol. The topological polar surface area (TPSA) is 0 Å². The molecule has 0 radical (unpaired) electrons. The summed E-state index contributed by atoms with van der Waals surface area (Å²) in [5.74, 6) is 1.10. The Hall–Kier alpha value is -2.55. The van der Waals surface area contributed by atoms with Crippen LogP contribution in [0.2, 0.25) is 21.4 Å². The van der Waals surface area contributed by atoms with Crippen LogP contribution in [-0.2, 0) is 17.1 Å². The summed E-state index contributed by atoms with van der Waals surface area (Å²) in [7, 11) is 0. The van der Waals surface area contributed by atoms with Crippen molar-refractivity contribution in [2.24, 2.45) is 0 Å². The molecule has 0 saturated carbocycles. The second-order valence-corrected chi connectivity index (χ2v) is 62.9. The van der Waals surface area contributed by atoms with Crippen molar-refractivity contribution < 1.29 is 17.1 Å². The van der Waals surface area contributed by atoms with E-state index in [-0.39, 0.29) is 0 Å². The molecule has 0 bridgehead atoms. The van der Waals surface area contributed by atoms with Gasteiger partial charge in [0.1, 0.15) is 0 Å². The molecule has 4 aromatic carbocycles. The number of hydrogen-bond donors (Lipinski definition) is 0. The van der Waals surface area contributed by atoms with Crippen molar-refractivity contribution in [2.75, 3.05) is 0 Å². The van der Waals surface area contributed by atoms with Crippen LogP contribution in [0.15, 0.2) is 97.1 Å². The molecule has 4 aromatic rings. The third-order valence-electron chi connectivity index (χ3n) is 12.8. The van der Waals surface area contributed by atoms with Gasteiger partial charge in [-0.3, -0.25) is 0 Å². The molecule has 50 heavy (non-hydrogen) atoms. The molecule has 0 aromatic heterocycles. The second kappa shape index (κ2) is 15.6. The Bertz CT molecular complexity index is 1790. The van der Waals surface area contributed by atoms with E-state index in [9.17, 15) is 0 Å². The zero-order valence-corrected chi connectivity index (χ0v) is 37.0. The van der Waals surface area contributed by atoms with Gasteiger partial charge in [-0.25, -0.2) is 0 Å².